The van der Waals surface area contributed by atoms with Crippen LogP contribution in [0.2, 0.25) is 0 Å². The molecule has 0 aromatic heterocycles. The van der Waals surface area contributed by atoms with Gasteiger partial charge in [-0.25, -0.2) is 0 Å². The van der Waals surface area contributed by atoms with E-state index in [0.717, 1.165) is 16.9 Å². The first-order valence-corrected chi connectivity index (χ1v) is 12.5. The molecule has 2 atom stereocenters. The Morgan fingerprint density at radius 2 is 1.97 bits per heavy atom. The zero-order valence-corrected chi connectivity index (χ0v) is 22.2. The molecule has 1 N–H and O–H groups in total. The average Bonchev–Trinajstić information content (AvgIpc) is 3.14. The molecule has 0 saturated carbocycles. The minimum absolute atomic E-state index is 0.0266. The quantitative estimate of drug-likeness (QED) is 0.500. The molecular formula is C29H41N3O3. The highest BCUT2D eigenvalue weighted by Crippen LogP contribution is 2.26. The lowest BCUT2D eigenvalue weighted by molar-refractivity contribution is -0.131. The molecule has 2 unspecified atom stereocenters. The number of oxime groups is 1. The molecule has 6 nitrogen and oxygen atoms in total. The normalized spacial score (nSPS) is 22.1. The van der Waals surface area contributed by atoms with Crippen LogP contribution < -0.4 is 5.32 Å². The Hall–Kier alpha value is -3.41. The molecular weight excluding hydrogens is 438 g/mol. The molecule has 0 aromatic carbocycles. The van der Waals surface area contributed by atoms with Gasteiger partial charge in [-0.15, -0.1) is 0 Å². The van der Waals surface area contributed by atoms with Gasteiger partial charge in [-0.05, 0) is 49.6 Å². The molecule has 6 heteroatoms. The van der Waals surface area contributed by atoms with E-state index < -0.39 is 0 Å². The number of nitrogens with zero attached hydrogens (tertiary/aromatic N) is 2. The van der Waals surface area contributed by atoms with E-state index in [1.165, 1.54) is 0 Å². The van der Waals surface area contributed by atoms with E-state index in [2.05, 4.69) is 16.5 Å². The van der Waals surface area contributed by atoms with E-state index in [9.17, 15) is 9.59 Å². The molecule has 0 bridgehead atoms. The lowest BCUT2D eigenvalue weighted by atomic mass is 9.91. The molecule has 0 radical (unpaired) electrons. The van der Waals surface area contributed by atoms with Crippen molar-refractivity contribution in [3.8, 4) is 0 Å². The van der Waals surface area contributed by atoms with Gasteiger partial charge < -0.3 is 15.1 Å². The van der Waals surface area contributed by atoms with Crippen LogP contribution in [0.15, 0.2) is 88.8 Å². The maximum absolute atomic E-state index is 13.3. The third-order valence-corrected chi connectivity index (χ3v) is 5.40. The number of nitrogens with one attached hydrogen (secondary N) is 1. The Morgan fingerprint density at radius 3 is 2.63 bits per heavy atom. The van der Waals surface area contributed by atoms with Crippen LogP contribution in [0.1, 0.15) is 48.0 Å². The van der Waals surface area contributed by atoms with Gasteiger partial charge in [0.05, 0.1) is 11.6 Å². The van der Waals surface area contributed by atoms with Crippen molar-refractivity contribution in [3.05, 3.63) is 83.7 Å². The Labute approximate surface area is 211 Å². The summed E-state index contributed by atoms with van der Waals surface area (Å²) < 4.78 is 0. The van der Waals surface area contributed by atoms with Crippen LogP contribution in [0.4, 0.5) is 0 Å². The molecule has 0 aromatic rings. The summed E-state index contributed by atoms with van der Waals surface area (Å²) >= 11 is 0. The van der Waals surface area contributed by atoms with Crippen molar-refractivity contribution >= 4 is 17.5 Å². The number of rotatable bonds is 6. The monoisotopic (exact) mass is 479 g/mol. The number of likely N-dealkylation sites (N-methyl/N-ethyl adjacent to an activating group) is 1. The van der Waals surface area contributed by atoms with Crippen LogP contribution in [0.25, 0.3) is 0 Å². The van der Waals surface area contributed by atoms with E-state index in [4.69, 9.17) is 4.84 Å². The largest absolute Gasteiger partial charge is 0.391 e. The molecule has 3 rings (SSSR count). The highest BCUT2D eigenvalue weighted by Gasteiger charge is 2.28. The van der Waals surface area contributed by atoms with Crippen LogP contribution in [0, 0.1) is 11.8 Å². The summed E-state index contributed by atoms with van der Waals surface area (Å²) in [4.78, 5) is 32.1. The highest BCUT2D eigenvalue weighted by molar-refractivity contribution is 5.98. The summed E-state index contributed by atoms with van der Waals surface area (Å²) in [6.45, 7) is 12.8. The van der Waals surface area contributed by atoms with Crippen molar-refractivity contribution in [1.29, 1.82) is 0 Å². The van der Waals surface area contributed by atoms with E-state index in [1.807, 2.05) is 96.4 Å². The van der Waals surface area contributed by atoms with Crippen LogP contribution in [0.3, 0.4) is 0 Å². The maximum Gasteiger partial charge on any atom is 0.250 e. The van der Waals surface area contributed by atoms with Crippen LogP contribution in [-0.4, -0.2) is 42.6 Å². The molecule has 3 aliphatic rings. The molecule has 0 fully saturated rings. The van der Waals surface area contributed by atoms with Gasteiger partial charge in [0.1, 0.15) is 6.61 Å². The summed E-state index contributed by atoms with van der Waals surface area (Å²) in [5, 5.41) is 6.67. The summed E-state index contributed by atoms with van der Waals surface area (Å²) in [7, 11) is 1.61. The third kappa shape index (κ3) is 8.71. The number of carbonyl (C=O) groups excluding carboxylic acids is 2. The Bertz CT molecular complexity index is 962. The Balaban J connectivity index is 0.00000145. The molecule has 0 spiro atoms. The summed E-state index contributed by atoms with van der Waals surface area (Å²) in [5.41, 5.74) is 3.55. The highest BCUT2D eigenvalue weighted by atomic mass is 16.6. The fraction of sp³-hybridized carbons (Fsp3) is 0.414. The van der Waals surface area contributed by atoms with Gasteiger partial charge >= 0.3 is 0 Å². The molecule has 2 aliphatic heterocycles. The third-order valence-electron chi connectivity index (χ3n) is 5.40. The fourth-order valence-electron chi connectivity index (χ4n) is 3.69. The predicted molar refractivity (Wildman–Crippen MR) is 146 cm³/mol. The summed E-state index contributed by atoms with van der Waals surface area (Å²) in [6.07, 6.45) is 21.9. The smallest absolute Gasteiger partial charge is 0.250 e. The van der Waals surface area contributed by atoms with Crippen molar-refractivity contribution < 1.29 is 14.4 Å². The van der Waals surface area contributed by atoms with E-state index in [1.54, 1.807) is 18.0 Å². The van der Waals surface area contributed by atoms with Crippen molar-refractivity contribution in [2.24, 2.45) is 17.0 Å². The van der Waals surface area contributed by atoms with E-state index in [-0.39, 0.29) is 23.7 Å². The minimum Gasteiger partial charge on any atom is -0.391 e. The average molecular weight is 480 g/mol. The Kier molecular flexibility index (Phi) is 13.8. The summed E-state index contributed by atoms with van der Waals surface area (Å²) in [6, 6.07) is 0. The van der Waals surface area contributed by atoms with Gasteiger partial charge in [0.25, 0.3) is 5.91 Å². The van der Waals surface area contributed by atoms with Crippen molar-refractivity contribution in [2.45, 2.75) is 48.0 Å². The van der Waals surface area contributed by atoms with E-state index >= 15 is 0 Å². The lowest BCUT2D eigenvalue weighted by Crippen LogP contribution is -2.37. The van der Waals surface area contributed by atoms with Crippen LogP contribution in [0.5, 0.6) is 0 Å². The second kappa shape index (κ2) is 16.3. The summed E-state index contributed by atoms with van der Waals surface area (Å²) in [5.74, 6) is -0.496. The Morgan fingerprint density at radius 1 is 1.23 bits per heavy atom. The van der Waals surface area contributed by atoms with Crippen LogP contribution in [-0.2, 0) is 14.4 Å². The molecule has 2 heterocycles. The zero-order valence-electron chi connectivity index (χ0n) is 22.2. The fourth-order valence-corrected chi connectivity index (χ4v) is 3.69. The second-order valence-electron chi connectivity index (χ2n) is 7.53. The maximum atomic E-state index is 13.3. The SMILES string of the molecule is CC.CC.CC=CC1C(=O)N(CC2C=CC=CC(C(=O)NC)=C2)C=C/C1=C/CC1=CCON=C1C. The van der Waals surface area contributed by atoms with Crippen LogP contribution >= 0.6 is 0 Å². The second-order valence-corrected chi connectivity index (χ2v) is 7.53. The van der Waals surface area contributed by atoms with Gasteiger partial charge in [0, 0.05) is 31.3 Å². The molecule has 0 saturated heterocycles. The first-order valence-electron chi connectivity index (χ1n) is 12.5. The zero-order chi connectivity index (χ0) is 26.2. The van der Waals surface area contributed by atoms with Gasteiger partial charge in [0.2, 0.25) is 5.91 Å². The van der Waals surface area contributed by atoms with Crippen molar-refractivity contribution in [3.63, 3.8) is 0 Å². The molecule has 35 heavy (non-hydrogen) atoms. The van der Waals surface area contributed by atoms with E-state index in [0.29, 0.717) is 25.1 Å². The molecule has 190 valence electrons. The van der Waals surface area contributed by atoms with Gasteiger partial charge in [-0.2, -0.15) is 0 Å². The molecule has 2 amide bonds. The topological polar surface area (TPSA) is 71.0 Å². The van der Waals surface area contributed by atoms with Gasteiger partial charge in [0.15, 0.2) is 0 Å². The number of carbonyl (C=O) groups is 2. The number of allylic oxidation sites excluding steroid dienone is 6. The number of hydrogen-bond donors (Lipinski definition) is 1. The predicted octanol–water partition coefficient (Wildman–Crippen LogP) is 5.65. The lowest BCUT2D eigenvalue weighted by Gasteiger charge is -2.30. The number of hydrogen-bond acceptors (Lipinski definition) is 4. The first-order chi connectivity index (χ1) is 17.0. The first kappa shape index (κ1) is 29.6. The molecule has 1 aliphatic carbocycles. The van der Waals surface area contributed by atoms with Gasteiger partial charge in [-0.3, -0.25) is 9.59 Å². The van der Waals surface area contributed by atoms with Crippen molar-refractivity contribution in [1.82, 2.24) is 10.2 Å². The minimum atomic E-state index is -0.331. The van der Waals surface area contributed by atoms with Gasteiger partial charge in [-0.1, -0.05) is 75.4 Å². The van der Waals surface area contributed by atoms with Crippen molar-refractivity contribution in [2.75, 3.05) is 20.2 Å². The number of amides is 2. The standard InChI is InChI=1S/C25H29N3O3.2C2H6/c1-4-7-23-21(11-10-20-13-15-31-27-18(20)2)12-14-28(25(23)30)17-19-8-5-6-9-22(16-19)24(29)26-3;2*1-2/h4-9,11-14,16,19,23H,10,15,17H2,1-3H3,(H,26,29);2*1-2H3/b7-4?,21-11-;;.